The summed E-state index contributed by atoms with van der Waals surface area (Å²) in [5.41, 5.74) is -0.0590. The maximum absolute atomic E-state index is 12.6. The van der Waals surface area contributed by atoms with E-state index in [2.05, 4.69) is 0 Å². The summed E-state index contributed by atoms with van der Waals surface area (Å²) in [6.07, 6.45) is 0.0961. The van der Waals surface area contributed by atoms with E-state index in [1.807, 2.05) is 13.8 Å². The first-order valence-electron chi connectivity index (χ1n) is 6.63. The molecule has 0 saturated carbocycles. The van der Waals surface area contributed by atoms with Crippen LogP contribution < -0.4 is 9.47 Å². The Balaban J connectivity index is 2.34. The van der Waals surface area contributed by atoms with Crippen LogP contribution in [0, 0.1) is 0 Å². The van der Waals surface area contributed by atoms with Crippen molar-refractivity contribution < 1.29 is 19.4 Å². The Kier molecular flexibility index (Phi) is 3.90. The molecular formula is C15H21NO4. The summed E-state index contributed by atoms with van der Waals surface area (Å²) in [6, 6.07) is 5.10. The smallest absolute Gasteiger partial charge is 0.254 e. The van der Waals surface area contributed by atoms with Crippen LogP contribution in [0.1, 0.15) is 30.6 Å². The second-order valence-corrected chi connectivity index (χ2v) is 5.52. The van der Waals surface area contributed by atoms with Gasteiger partial charge < -0.3 is 19.5 Å². The number of aliphatic hydroxyl groups excluding tert-OH is 1. The van der Waals surface area contributed by atoms with Gasteiger partial charge in [0.2, 0.25) is 0 Å². The van der Waals surface area contributed by atoms with Gasteiger partial charge >= 0.3 is 0 Å². The molecule has 0 spiro atoms. The van der Waals surface area contributed by atoms with E-state index >= 15 is 0 Å². The summed E-state index contributed by atoms with van der Waals surface area (Å²) in [4.78, 5) is 14.3. The van der Waals surface area contributed by atoms with Crippen LogP contribution >= 0.6 is 0 Å². The minimum atomic E-state index is -0.562. The number of hydrogen-bond donors (Lipinski definition) is 1. The van der Waals surface area contributed by atoms with Crippen LogP contribution in [-0.4, -0.2) is 48.3 Å². The Bertz CT molecular complexity index is 490. The fraction of sp³-hybridized carbons (Fsp3) is 0.533. The normalized spacial score (nSPS) is 20.9. The number of nitrogens with zero attached hydrogens (tertiary/aromatic N) is 1. The summed E-state index contributed by atoms with van der Waals surface area (Å²) < 4.78 is 10.4. The van der Waals surface area contributed by atoms with Crippen molar-refractivity contribution in [2.75, 3.05) is 20.8 Å². The predicted octanol–water partition coefficient (Wildman–Crippen LogP) is 1.69. The maximum atomic E-state index is 12.6. The SMILES string of the molecule is COc1cc(OC)cc(C(=O)N2CCC(O)C2(C)C)c1. The van der Waals surface area contributed by atoms with Gasteiger partial charge in [0, 0.05) is 18.2 Å². The molecule has 2 rings (SSSR count). The summed E-state index contributed by atoms with van der Waals surface area (Å²) in [7, 11) is 3.10. The van der Waals surface area contributed by atoms with Crippen molar-refractivity contribution in [2.24, 2.45) is 0 Å². The standard InChI is InChI=1S/C15H21NO4/c1-15(2)13(17)5-6-16(15)14(18)10-7-11(19-3)9-12(8-10)20-4/h7-9,13,17H,5-6H2,1-4H3. The maximum Gasteiger partial charge on any atom is 0.254 e. The number of carbonyl (C=O) groups is 1. The molecule has 0 radical (unpaired) electrons. The molecule has 1 heterocycles. The van der Waals surface area contributed by atoms with Crippen LogP contribution in [0.3, 0.4) is 0 Å². The summed E-state index contributed by atoms with van der Waals surface area (Å²) in [5, 5.41) is 9.98. The summed E-state index contributed by atoms with van der Waals surface area (Å²) in [5.74, 6) is 1.03. The number of rotatable bonds is 3. The Morgan fingerprint density at radius 3 is 2.20 bits per heavy atom. The molecule has 1 amide bonds. The first kappa shape index (κ1) is 14.7. The van der Waals surface area contributed by atoms with Crippen LogP contribution in [0.15, 0.2) is 18.2 Å². The molecule has 0 aliphatic carbocycles. The van der Waals surface area contributed by atoms with Gasteiger partial charge in [0.15, 0.2) is 0 Å². The van der Waals surface area contributed by atoms with Crippen LogP contribution in [0.5, 0.6) is 11.5 Å². The van der Waals surface area contributed by atoms with Crippen molar-refractivity contribution in [3.63, 3.8) is 0 Å². The quantitative estimate of drug-likeness (QED) is 0.914. The number of methoxy groups -OCH3 is 2. The van der Waals surface area contributed by atoms with Gasteiger partial charge in [-0.1, -0.05) is 0 Å². The lowest BCUT2D eigenvalue weighted by atomic mass is 9.98. The van der Waals surface area contributed by atoms with Gasteiger partial charge in [-0.2, -0.15) is 0 Å². The lowest BCUT2D eigenvalue weighted by Gasteiger charge is -2.34. The Labute approximate surface area is 119 Å². The zero-order valence-electron chi connectivity index (χ0n) is 12.3. The lowest BCUT2D eigenvalue weighted by Crippen LogP contribution is -2.48. The average molecular weight is 279 g/mol. The molecule has 1 saturated heterocycles. The van der Waals surface area contributed by atoms with Gasteiger partial charge in [0.1, 0.15) is 11.5 Å². The number of aliphatic hydroxyl groups is 1. The van der Waals surface area contributed by atoms with Crippen LogP contribution in [0.2, 0.25) is 0 Å². The monoisotopic (exact) mass is 279 g/mol. The molecule has 1 aliphatic rings. The molecule has 1 aliphatic heterocycles. The van der Waals surface area contributed by atoms with E-state index in [4.69, 9.17) is 9.47 Å². The molecule has 1 aromatic carbocycles. The average Bonchev–Trinajstić information content (AvgIpc) is 2.71. The van der Waals surface area contributed by atoms with Crippen molar-refractivity contribution in [1.82, 2.24) is 4.90 Å². The second kappa shape index (κ2) is 5.32. The molecule has 0 aromatic heterocycles. The van der Waals surface area contributed by atoms with Crippen LogP contribution in [0.4, 0.5) is 0 Å². The topological polar surface area (TPSA) is 59.0 Å². The number of hydrogen-bond acceptors (Lipinski definition) is 4. The van der Waals surface area contributed by atoms with Crippen molar-refractivity contribution in [3.8, 4) is 11.5 Å². The van der Waals surface area contributed by atoms with Gasteiger partial charge in [0.05, 0.1) is 25.9 Å². The number of ether oxygens (including phenoxy) is 2. The van der Waals surface area contributed by atoms with Crippen molar-refractivity contribution in [1.29, 1.82) is 0 Å². The van der Waals surface area contributed by atoms with Crippen molar-refractivity contribution in [2.45, 2.75) is 31.9 Å². The number of benzene rings is 1. The summed E-state index contributed by atoms with van der Waals surface area (Å²) in [6.45, 7) is 4.30. The Hall–Kier alpha value is -1.75. The van der Waals surface area contributed by atoms with E-state index in [9.17, 15) is 9.90 Å². The highest BCUT2D eigenvalue weighted by Gasteiger charge is 2.43. The zero-order chi connectivity index (χ0) is 14.9. The largest absolute Gasteiger partial charge is 0.497 e. The molecule has 1 fully saturated rings. The summed E-state index contributed by atoms with van der Waals surface area (Å²) >= 11 is 0. The third-order valence-electron chi connectivity index (χ3n) is 3.98. The predicted molar refractivity (Wildman–Crippen MR) is 75.3 cm³/mol. The molecule has 20 heavy (non-hydrogen) atoms. The van der Waals surface area contributed by atoms with E-state index < -0.39 is 11.6 Å². The van der Waals surface area contributed by atoms with Gasteiger partial charge in [-0.3, -0.25) is 4.79 Å². The van der Waals surface area contributed by atoms with Gasteiger partial charge in [-0.25, -0.2) is 0 Å². The third-order valence-corrected chi connectivity index (χ3v) is 3.98. The Morgan fingerprint density at radius 1 is 1.25 bits per heavy atom. The van der Waals surface area contributed by atoms with Crippen molar-refractivity contribution in [3.05, 3.63) is 23.8 Å². The molecule has 5 nitrogen and oxygen atoms in total. The van der Waals surface area contributed by atoms with Crippen LogP contribution in [0.25, 0.3) is 0 Å². The number of likely N-dealkylation sites (tertiary alicyclic amines) is 1. The third kappa shape index (κ3) is 2.45. The van der Waals surface area contributed by atoms with E-state index in [1.165, 1.54) is 0 Å². The molecule has 1 atom stereocenters. The minimum Gasteiger partial charge on any atom is -0.497 e. The fourth-order valence-electron chi connectivity index (χ4n) is 2.52. The van der Waals surface area contributed by atoms with E-state index in [1.54, 1.807) is 37.3 Å². The lowest BCUT2D eigenvalue weighted by molar-refractivity contribution is 0.0394. The van der Waals surface area contributed by atoms with E-state index in [-0.39, 0.29) is 5.91 Å². The first-order chi connectivity index (χ1) is 9.40. The molecule has 1 aromatic rings. The number of amides is 1. The molecule has 1 unspecified atom stereocenters. The molecule has 110 valence electrons. The van der Waals surface area contributed by atoms with Gasteiger partial charge in [-0.05, 0) is 32.4 Å². The molecule has 1 N–H and O–H groups in total. The van der Waals surface area contributed by atoms with E-state index in [0.717, 1.165) is 0 Å². The molecule has 0 bridgehead atoms. The minimum absolute atomic E-state index is 0.122. The number of carbonyl (C=O) groups excluding carboxylic acids is 1. The van der Waals surface area contributed by atoms with Gasteiger partial charge in [0.25, 0.3) is 5.91 Å². The zero-order valence-corrected chi connectivity index (χ0v) is 12.3. The highest BCUT2D eigenvalue weighted by molar-refractivity contribution is 5.95. The van der Waals surface area contributed by atoms with Gasteiger partial charge in [-0.15, -0.1) is 0 Å². The molecular weight excluding hydrogens is 258 g/mol. The molecule has 5 heteroatoms. The first-order valence-corrected chi connectivity index (χ1v) is 6.63. The highest BCUT2D eigenvalue weighted by atomic mass is 16.5. The van der Waals surface area contributed by atoms with E-state index in [0.29, 0.717) is 30.0 Å². The van der Waals surface area contributed by atoms with Crippen molar-refractivity contribution >= 4 is 5.91 Å². The van der Waals surface area contributed by atoms with Crippen LogP contribution in [-0.2, 0) is 0 Å². The fourth-order valence-corrected chi connectivity index (χ4v) is 2.52. The Morgan fingerprint density at radius 2 is 1.80 bits per heavy atom. The second-order valence-electron chi connectivity index (χ2n) is 5.52. The highest BCUT2D eigenvalue weighted by Crippen LogP contribution is 2.32.